The third kappa shape index (κ3) is 3.83. The molecule has 2 heteroatoms. The average Bonchev–Trinajstić information content (AvgIpc) is 2.75. The zero-order valence-corrected chi connectivity index (χ0v) is 10.9. The van der Waals surface area contributed by atoms with E-state index in [4.69, 9.17) is 0 Å². The van der Waals surface area contributed by atoms with E-state index in [1.54, 1.807) is 0 Å². The lowest BCUT2D eigenvalue weighted by molar-refractivity contribution is 0.0604. The van der Waals surface area contributed by atoms with Crippen molar-refractivity contribution in [1.82, 2.24) is 4.90 Å². The van der Waals surface area contributed by atoms with Gasteiger partial charge in [-0.15, -0.1) is 0 Å². The van der Waals surface area contributed by atoms with Crippen LogP contribution in [0.25, 0.3) is 0 Å². The summed E-state index contributed by atoms with van der Waals surface area (Å²) in [5.41, 5.74) is 0.920. The predicted molar refractivity (Wildman–Crippen MR) is 71.2 cm³/mol. The minimum absolute atomic E-state index is 0.537. The smallest absolute Gasteiger partial charge is 0.0603 e. The number of aliphatic hydroxyl groups is 1. The fourth-order valence-corrected chi connectivity index (χ4v) is 2.46. The summed E-state index contributed by atoms with van der Waals surface area (Å²) in [7, 11) is 0. The molecule has 1 fully saturated rings. The molecule has 1 aromatic rings. The van der Waals surface area contributed by atoms with E-state index in [1.165, 1.54) is 12.0 Å². The topological polar surface area (TPSA) is 23.5 Å². The van der Waals surface area contributed by atoms with E-state index in [2.05, 4.69) is 35.2 Å². The second-order valence-electron chi connectivity index (χ2n) is 5.76. The highest BCUT2D eigenvalue weighted by Gasteiger charge is 2.24. The molecule has 0 saturated carbocycles. The molecule has 0 radical (unpaired) electrons. The standard InChI is InChI=1S/C15H23NO/c1-15(2,17)9-11-16-10-8-14(12-16)13-6-4-3-5-7-13/h3-7,14,17H,8-12H2,1-2H3. The highest BCUT2D eigenvalue weighted by atomic mass is 16.3. The first-order valence-corrected chi connectivity index (χ1v) is 6.54. The third-order valence-corrected chi connectivity index (χ3v) is 3.58. The zero-order valence-electron chi connectivity index (χ0n) is 10.9. The quantitative estimate of drug-likeness (QED) is 0.864. The second kappa shape index (κ2) is 5.19. The van der Waals surface area contributed by atoms with E-state index < -0.39 is 5.60 Å². The van der Waals surface area contributed by atoms with Crippen molar-refractivity contribution in [1.29, 1.82) is 0 Å². The van der Waals surface area contributed by atoms with Crippen LogP contribution in [-0.4, -0.2) is 35.2 Å². The summed E-state index contributed by atoms with van der Waals surface area (Å²) in [6, 6.07) is 10.8. The molecule has 94 valence electrons. The van der Waals surface area contributed by atoms with Gasteiger partial charge in [-0.25, -0.2) is 0 Å². The van der Waals surface area contributed by atoms with Crippen LogP contribution >= 0.6 is 0 Å². The summed E-state index contributed by atoms with van der Waals surface area (Å²) in [6.07, 6.45) is 2.10. The van der Waals surface area contributed by atoms with E-state index >= 15 is 0 Å². The maximum absolute atomic E-state index is 9.73. The van der Waals surface area contributed by atoms with Gasteiger partial charge in [-0.1, -0.05) is 30.3 Å². The lowest BCUT2D eigenvalue weighted by Crippen LogP contribution is -2.29. The van der Waals surface area contributed by atoms with Gasteiger partial charge in [0.05, 0.1) is 5.60 Å². The predicted octanol–water partition coefficient (Wildman–Crippen LogP) is 2.64. The van der Waals surface area contributed by atoms with Crippen molar-refractivity contribution in [3.63, 3.8) is 0 Å². The Bertz CT molecular complexity index is 342. The molecule has 0 bridgehead atoms. The maximum atomic E-state index is 9.73. The fourth-order valence-electron chi connectivity index (χ4n) is 2.46. The van der Waals surface area contributed by atoms with Crippen molar-refractivity contribution in [3.05, 3.63) is 35.9 Å². The Morgan fingerprint density at radius 2 is 2.00 bits per heavy atom. The molecule has 1 heterocycles. The van der Waals surface area contributed by atoms with Crippen molar-refractivity contribution >= 4 is 0 Å². The van der Waals surface area contributed by atoms with Crippen LogP contribution in [0.3, 0.4) is 0 Å². The van der Waals surface area contributed by atoms with E-state index in [-0.39, 0.29) is 0 Å². The van der Waals surface area contributed by atoms with Gasteiger partial charge in [-0.2, -0.15) is 0 Å². The molecule has 1 aliphatic rings. The van der Waals surface area contributed by atoms with Crippen molar-refractivity contribution in [2.24, 2.45) is 0 Å². The lowest BCUT2D eigenvalue weighted by Gasteiger charge is -2.22. The highest BCUT2D eigenvalue weighted by molar-refractivity contribution is 5.20. The molecule has 0 spiro atoms. The minimum atomic E-state index is -0.537. The second-order valence-corrected chi connectivity index (χ2v) is 5.76. The van der Waals surface area contributed by atoms with Gasteiger partial charge in [0.1, 0.15) is 0 Å². The van der Waals surface area contributed by atoms with Crippen LogP contribution < -0.4 is 0 Å². The van der Waals surface area contributed by atoms with Crippen LogP contribution in [0, 0.1) is 0 Å². The molecule has 0 amide bonds. The summed E-state index contributed by atoms with van der Waals surface area (Å²) in [6.45, 7) is 7.08. The van der Waals surface area contributed by atoms with Gasteiger partial charge in [0.15, 0.2) is 0 Å². The normalized spacial score (nSPS) is 21.9. The average molecular weight is 233 g/mol. The molecule has 1 N–H and O–H groups in total. The Morgan fingerprint density at radius 3 is 2.65 bits per heavy atom. The van der Waals surface area contributed by atoms with Crippen LogP contribution in [0.5, 0.6) is 0 Å². The summed E-state index contributed by atoms with van der Waals surface area (Å²) in [4.78, 5) is 2.47. The Balaban J connectivity index is 1.84. The van der Waals surface area contributed by atoms with Crippen LogP contribution in [0.2, 0.25) is 0 Å². The van der Waals surface area contributed by atoms with Gasteiger partial charge >= 0.3 is 0 Å². The van der Waals surface area contributed by atoms with E-state index in [1.807, 2.05) is 13.8 Å². The van der Waals surface area contributed by atoms with Crippen molar-refractivity contribution in [3.8, 4) is 0 Å². The molecule has 2 nitrogen and oxygen atoms in total. The van der Waals surface area contributed by atoms with E-state index in [0.717, 1.165) is 26.1 Å². The number of nitrogens with zero attached hydrogens (tertiary/aromatic N) is 1. The largest absolute Gasteiger partial charge is 0.390 e. The van der Waals surface area contributed by atoms with Crippen LogP contribution in [0.1, 0.15) is 38.2 Å². The summed E-state index contributed by atoms with van der Waals surface area (Å²) < 4.78 is 0. The van der Waals surface area contributed by atoms with Crippen LogP contribution in [-0.2, 0) is 0 Å². The van der Waals surface area contributed by atoms with Gasteiger partial charge in [0.2, 0.25) is 0 Å². The molecule has 1 atom stereocenters. The number of benzene rings is 1. The fraction of sp³-hybridized carbons (Fsp3) is 0.600. The van der Waals surface area contributed by atoms with E-state index in [0.29, 0.717) is 5.92 Å². The number of hydrogen-bond acceptors (Lipinski definition) is 2. The molecule has 1 aromatic carbocycles. The Labute approximate surface area is 104 Å². The summed E-state index contributed by atoms with van der Waals surface area (Å²) in [5.74, 6) is 0.679. The molecule has 1 saturated heterocycles. The molecule has 2 rings (SSSR count). The Hall–Kier alpha value is -0.860. The molecule has 1 aliphatic heterocycles. The summed E-state index contributed by atoms with van der Waals surface area (Å²) in [5, 5.41) is 9.73. The van der Waals surface area contributed by atoms with Gasteiger partial charge in [-0.3, -0.25) is 0 Å². The Kier molecular flexibility index (Phi) is 3.85. The molecule has 17 heavy (non-hydrogen) atoms. The van der Waals surface area contributed by atoms with Crippen molar-refractivity contribution in [2.75, 3.05) is 19.6 Å². The highest BCUT2D eigenvalue weighted by Crippen LogP contribution is 2.27. The van der Waals surface area contributed by atoms with E-state index in [9.17, 15) is 5.11 Å². The maximum Gasteiger partial charge on any atom is 0.0603 e. The van der Waals surface area contributed by atoms with Gasteiger partial charge in [0, 0.05) is 13.1 Å². The molecular formula is C15H23NO. The first kappa shape index (κ1) is 12.6. The number of rotatable bonds is 4. The SMILES string of the molecule is CC(C)(O)CCN1CCC(c2ccccc2)C1. The molecular weight excluding hydrogens is 210 g/mol. The van der Waals surface area contributed by atoms with Crippen molar-refractivity contribution in [2.45, 2.75) is 38.2 Å². The minimum Gasteiger partial charge on any atom is -0.390 e. The summed E-state index contributed by atoms with van der Waals surface area (Å²) >= 11 is 0. The van der Waals surface area contributed by atoms with Crippen LogP contribution in [0.15, 0.2) is 30.3 Å². The van der Waals surface area contributed by atoms with Crippen molar-refractivity contribution < 1.29 is 5.11 Å². The Morgan fingerprint density at radius 1 is 1.29 bits per heavy atom. The van der Waals surface area contributed by atoms with Crippen LogP contribution in [0.4, 0.5) is 0 Å². The molecule has 1 unspecified atom stereocenters. The van der Waals surface area contributed by atoms with Gasteiger partial charge < -0.3 is 10.0 Å². The first-order valence-electron chi connectivity index (χ1n) is 6.54. The zero-order chi connectivity index (χ0) is 12.3. The van der Waals surface area contributed by atoms with Gasteiger partial charge in [-0.05, 0) is 44.7 Å². The first-order chi connectivity index (χ1) is 8.04. The molecule has 0 aliphatic carbocycles. The number of likely N-dealkylation sites (tertiary alicyclic amines) is 1. The third-order valence-electron chi connectivity index (χ3n) is 3.58. The molecule has 0 aromatic heterocycles. The van der Waals surface area contributed by atoms with Gasteiger partial charge in [0.25, 0.3) is 0 Å². The lowest BCUT2D eigenvalue weighted by atomic mass is 9.99. The monoisotopic (exact) mass is 233 g/mol. The number of hydrogen-bond donors (Lipinski definition) is 1.